The molecule has 0 radical (unpaired) electrons. The molecule has 1 rings (SSSR count). The van der Waals surface area contributed by atoms with Gasteiger partial charge >= 0.3 is 6.18 Å². The molecule has 0 aliphatic carbocycles. The Kier molecular flexibility index (Phi) is 1.99. The van der Waals surface area contributed by atoms with Crippen LogP contribution >= 0.6 is 0 Å². The molecule has 0 atom stereocenters. The van der Waals surface area contributed by atoms with Crippen molar-refractivity contribution in [1.82, 2.24) is 9.78 Å². The fourth-order valence-electron chi connectivity index (χ4n) is 0.907. The van der Waals surface area contributed by atoms with E-state index in [1.54, 1.807) is 0 Å². The number of rotatable bonds is 1. The van der Waals surface area contributed by atoms with E-state index in [4.69, 9.17) is 5.11 Å². The molecule has 0 unspecified atom stereocenters. The Hall–Kier alpha value is -1.20. The summed E-state index contributed by atoms with van der Waals surface area (Å²) in [5, 5.41) is 12.1. The summed E-state index contributed by atoms with van der Waals surface area (Å²) in [6.07, 6.45) is -3.76. The standard InChI is InChI=1S/C6H7F3N2O/c1-2-11-5(6(7,8)9)4(12)3-10-11/h3,12H,2H2,1H3. The minimum Gasteiger partial charge on any atom is -0.504 e. The van der Waals surface area contributed by atoms with Gasteiger partial charge in [0.05, 0.1) is 6.20 Å². The van der Waals surface area contributed by atoms with Crippen molar-refractivity contribution >= 4 is 0 Å². The van der Waals surface area contributed by atoms with Gasteiger partial charge in [0, 0.05) is 6.54 Å². The van der Waals surface area contributed by atoms with Crippen LogP contribution in [0.5, 0.6) is 5.75 Å². The Morgan fingerprint density at radius 1 is 1.58 bits per heavy atom. The van der Waals surface area contributed by atoms with Crippen molar-refractivity contribution in [1.29, 1.82) is 0 Å². The fraction of sp³-hybridized carbons (Fsp3) is 0.500. The average molecular weight is 180 g/mol. The minimum atomic E-state index is -4.55. The second kappa shape index (κ2) is 2.69. The summed E-state index contributed by atoms with van der Waals surface area (Å²) in [4.78, 5) is 0. The smallest absolute Gasteiger partial charge is 0.436 e. The van der Waals surface area contributed by atoms with Gasteiger partial charge in [-0.15, -0.1) is 0 Å². The topological polar surface area (TPSA) is 38.0 Å². The highest BCUT2D eigenvalue weighted by Crippen LogP contribution is 2.35. The molecular formula is C6H7F3N2O. The normalized spacial score (nSPS) is 12.0. The monoisotopic (exact) mass is 180 g/mol. The third-order valence-corrected chi connectivity index (χ3v) is 1.39. The van der Waals surface area contributed by atoms with Gasteiger partial charge in [-0.3, -0.25) is 4.68 Å². The number of halogens is 3. The quantitative estimate of drug-likeness (QED) is 0.713. The molecule has 0 aromatic carbocycles. The molecule has 0 aliphatic rings. The zero-order chi connectivity index (χ0) is 9.35. The summed E-state index contributed by atoms with van der Waals surface area (Å²) in [5.74, 6) is -0.829. The Bertz CT molecular complexity index is 279. The van der Waals surface area contributed by atoms with Gasteiger partial charge in [-0.25, -0.2) is 0 Å². The Morgan fingerprint density at radius 2 is 2.17 bits per heavy atom. The molecule has 12 heavy (non-hydrogen) atoms. The molecule has 0 saturated carbocycles. The van der Waals surface area contributed by atoms with E-state index < -0.39 is 17.6 Å². The van der Waals surface area contributed by atoms with Crippen LogP contribution in [0.3, 0.4) is 0 Å². The number of hydrogen-bond acceptors (Lipinski definition) is 2. The molecule has 0 spiro atoms. The number of hydrogen-bond donors (Lipinski definition) is 1. The summed E-state index contributed by atoms with van der Waals surface area (Å²) in [7, 11) is 0. The molecule has 0 bridgehead atoms. The Labute approximate surface area is 66.4 Å². The Balaban J connectivity index is 3.19. The zero-order valence-electron chi connectivity index (χ0n) is 6.26. The van der Waals surface area contributed by atoms with Gasteiger partial charge in [0.25, 0.3) is 0 Å². The fourth-order valence-corrected chi connectivity index (χ4v) is 0.907. The molecule has 3 nitrogen and oxygen atoms in total. The maximum atomic E-state index is 12.1. The van der Waals surface area contributed by atoms with Crippen molar-refractivity contribution in [2.24, 2.45) is 0 Å². The summed E-state index contributed by atoms with van der Waals surface area (Å²) in [6, 6.07) is 0. The first-order valence-corrected chi connectivity index (χ1v) is 3.28. The van der Waals surface area contributed by atoms with Crippen molar-refractivity contribution in [3.8, 4) is 5.75 Å². The van der Waals surface area contributed by atoms with E-state index in [0.717, 1.165) is 6.20 Å². The number of nitrogens with zero attached hydrogens (tertiary/aromatic N) is 2. The lowest BCUT2D eigenvalue weighted by molar-refractivity contribution is -0.145. The molecule has 1 aromatic rings. The second-order valence-electron chi connectivity index (χ2n) is 2.19. The van der Waals surface area contributed by atoms with Crippen molar-refractivity contribution in [2.75, 3.05) is 0 Å². The largest absolute Gasteiger partial charge is 0.504 e. The molecule has 0 aliphatic heterocycles. The molecule has 68 valence electrons. The van der Waals surface area contributed by atoms with E-state index in [-0.39, 0.29) is 6.54 Å². The van der Waals surface area contributed by atoms with Crippen molar-refractivity contribution in [2.45, 2.75) is 19.6 Å². The summed E-state index contributed by atoms with van der Waals surface area (Å²) >= 11 is 0. The number of alkyl halides is 3. The van der Waals surface area contributed by atoms with E-state index in [0.29, 0.717) is 4.68 Å². The van der Waals surface area contributed by atoms with Crippen LogP contribution < -0.4 is 0 Å². The van der Waals surface area contributed by atoms with E-state index in [2.05, 4.69) is 5.10 Å². The number of aromatic nitrogens is 2. The van der Waals surface area contributed by atoms with Crippen LogP contribution in [0.4, 0.5) is 13.2 Å². The third kappa shape index (κ3) is 1.37. The van der Waals surface area contributed by atoms with Gasteiger partial charge in [-0.05, 0) is 6.92 Å². The first-order chi connectivity index (χ1) is 5.46. The predicted octanol–water partition coefficient (Wildman–Crippen LogP) is 1.63. The number of aryl methyl sites for hydroxylation is 1. The van der Waals surface area contributed by atoms with Crippen molar-refractivity contribution < 1.29 is 18.3 Å². The summed E-state index contributed by atoms with van der Waals surface area (Å²) in [6.45, 7) is 1.59. The van der Waals surface area contributed by atoms with Gasteiger partial charge in [0.2, 0.25) is 0 Å². The highest BCUT2D eigenvalue weighted by molar-refractivity contribution is 5.25. The molecular weight excluding hydrogens is 173 g/mol. The lowest BCUT2D eigenvalue weighted by Gasteiger charge is -2.08. The maximum absolute atomic E-state index is 12.1. The molecule has 6 heteroatoms. The van der Waals surface area contributed by atoms with Crippen LogP contribution in [0.15, 0.2) is 6.20 Å². The highest BCUT2D eigenvalue weighted by atomic mass is 19.4. The third-order valence-electron chi connectivity index (χ3n) is 1.39. The molecule has 0 saturated heterocycles. The van der Waals surface area contributed by atoms with Crippen molar-refractivity contribution in [3.63, 3.8) is 0 Å². The van der Waals surface area contributed by atoms with E-state index in [1.807, 2.05) is 0 Å². The van der Waals surface area contributed by atoms with Crippen LogP contribution in [0.1, 0.15) is 12.6 Å². The van der Waals surface area contributed by atoms with Crippen molar-refractivity contribution in [3.05, 3.63) is 11.9 Å². The molecule has 1 N–H and O–H groups in total. The van der Waals surface area contributed by atoms with Crippen LogP contribution in [0, 0.1) is 0 Å². The predicted molar refractivity (Wildman–Crippen MR) is 34.6 cm³/mol. The van der Waals surface area contributed by atoms with Gasteiger partial charge in [0.1, 0.15) is 0 Å². The SMILES string of the molecule is CCn1ncc(O)c1C(F)(F)F. The lowest BCUT2D eigenvalue weighted by Crippen LogP contribution is -2.13. The van der Waals surface area contributed by atoms with Gasteiger partial charge in [0.15, 0.2) is 11.4 Å². The van der Waals surface area contributed by atoms with Crippen LogP contribution in [0.2, 0.25) is 0 Å². The lowest BCUT2D eigenvalue weighted by atomic mass is 10.4. The van der Waals surface area contributed by atoms with Gasteiger partial charge in [-0.2, -0.15) is 18.3 Å². The van der Waals surface area contributed by atoms with Crippen LogP contribution in [-0.2, 0) is 12.7 Å². The van der Waals surface area contributed by atoms with Gasteiger partial charge < -0.3 is 5.11 Å². The second-order valence-corrected chi connectivity index (χ2v) is 2.19. The van der Waals surface area contributed by atoms with Gasteiger partial charge in [-0.1, -0.05) is 0 Å². The van der Waals surface area contributed by atoms with E-state index in [9.17, 15) is 13.2 Å². The van der Waals surface area contributed by atoms with Crippen LogP contribution in [-0.4, -0.2) is 14.9 Å². The summed E-state index contributed by atoms with van der Waals surface area (Å²) in [5.41, 5.74) is -1.09. The maximum Gasteiger partial charge on any atom is 0.436 e. The zero-order valence-corrected chi connectivity index (χ0v) is 6.26. The average Bonchev–Trinajstić information content (AvgIpc) is 2.29. The molecule has 1 heterocycles. The molecule has 0 fully saturated rings. The first kappa shape index (κ1) is 8.89. The number of aromatic hydroxyl groups is 1. The van der Waals surface area contributed by atoms with Crippen LogP contribution in [0.25, 0.3) is 0 Å². The highest BCUT2D eigenvalue weighted by Gasteiger charge is 2.38. The molecule has 0 amide bonds. The summed E-state index contributed by atoms with van der Waals surface area (Å²) < 4.78 is 37.0. The van der Waals surface area contributed by atoms with E-state index in [1.165, 1.54) is 6.92 Å². The minimum absolute atomic E-state index is 0.0788. The Morgan fingerprint density at radius 3 is 2.50 bits per heavy atom. The van der Waals surface area contributed by atoms with E-state index >= 15 is 0 Å². The first-order valence-electron chi connectivity index (χ1n) is 3.28. The molecule has 1 aromatic heterocycles.